The van der Waals surface area contributed by atoms with E-state index in [0.29, 0.717) is 17.8 Å². The summed E-state index contributed by atoms with van der Waals surface area (Å²) in [6, 6.07) is 6.93. The number of anilines is 1. The number of carbonyl (C=O) groups excluding carboxylic acids is 1. The normalized spacial score (nSPS) is 11.9. The number of benzene rings is 1. The zero-order valence-electron chi connectivity index (χ0n) is 14.8. The van der Waals surface area contributed by atoms with Crippen LogP contribution in [0.15, 0.2) is 39.9 Å². The van der Waals surface area contributed by atoms with Gasteiger partial charge in [-0.15, -0.1) is 0 Å². The fourth-order valence-electron chi connectivity index (χ4n) is 2.35. The van der Waals surface area contributed by atoms with Gasteiger partial charge in [0.15, 0.2) is 0 Å². The molecule has 0 spiro atoms. The molecule has 1 heterocycles. The van der Waals surface area contributed by atoms with E-state index in [2.05, 4.69) is 5.32 Å². The van der Waals surface area contributed by atoms with Gasteiger partial charge in [0.1, 0.15) is 0 Å². The Kier molecular flexibility index (Phi) is 6.34. The number of amides is 1. The fraction of sp³-hybridized carbons (Fsp3) is 0.353. The highest BCUT2D eigenvalue weighted by molar-refractivity contribution is 7.89. The Morgan fingerprint density at radius 1 is 1.20 bits per heavy atom. The van der Waals surface area contributed by atoms with Crippen molar-refractivity contribution in [3.63, 3.8) is 0 Å². The minimum Gasteiger partial charge on any atom is -0.325 e. The second-order valence-electron chi connectivity index (χ2n) is 6.12. The molecule has 0 aliphatic heterocycles. The predicted octanol–water partition coefficient (Wildman–Crippen LogP) is 2.38. The minimum absolute atomic E-state index is 0.185. The van der Waals surface area contributed by atoms with Crippen LogP contribution in [0.2, 0.25) is 0 Å². The summed E-state index contributed by atoms with van der Waals surface area (Å²) in [6.07, 6.45) is 0. The lowest BCUT2D eigenvalue weighted by Gasteiger charge is -2.17. The molecular formula is C17H23N3O3S2. The van der Waals surface area contributed by atoms with Crippen LogP contribution in [0.25, 0.3) is 0 Å². The van der Waals surface area contributed by atoms with Gasteiger partial charge in [-0.05, 0) is 54.1 Å². The molecule has 136 valence electrons. The molecule has 0 saturated carbocycles. The Balaban J connectivity index is 2.06. The third kappa shape index (κ3) is 5.12. The average molecular weight is 382 g/mol. The number of nitrogens with zero attached hydrogens (tertiary/aromatic N) is 2. The van der Waals surface area contributed by atoms with Gasteiger partial charge in [0, 0.05) is 26.3 Å². The SMILES string of the molecule is Cc1ccc(NC(=O)CN(C)Cc2ccsc2)cc1S(=O)(=O)N(C)C. The first kappa shape index (κ1) is 19.6. The first-order chi connectivity index (χ1) is 11.7. The van der Waals surface area contributed by atoms with Crippen LogP contribution in [-0.4, -0.2) is 51.2 Å². The standard InChI is InChI=1S/C17H23N3O3S2/c1-13-5-6-15(9-16(13)25(22,23)19(2)3)18-17(21)11-20(4)10-14-7-8-24-12-14/h5-9,12H,10-11H2,1-4H3,(H,18,21). The number of carbonyl (C=O) groups is 1. The zero-order chi connectivity index (χ0) is 18.6. The van der Waals surface area contributed by atoms with Crippen molar-refractivity contribution in [2.24, 2.45) is 0 Å². The van der Waals surface area contributed by atoms with Crippen molar-refractivity contribution in [2.45, 2.75) is 18.4 Å². The molecule has 0 atom stereocenters. The molecule has 2 aromatic rings. The Labute approximate surface area is 153 Å². The van der Waals surface area contributed by atoms with Gasteiger partial charge in [-0.3, -0.25) is 9.69 Å². The van der Waals surface area contributed by atoms with Crippen LogP contribution in [0.3, 0.4) is 0 Å². The van der Waals surface area contributed by atoms with E-state index in [9.17, 15) is 13.2 Å². The Morgan fingerprint density at radius 2 is 1.92 bits per heavy atom. The molecule has 25 heavy (non-hydrogen) atoms. The zero-order valence-corrected chi connectivity index (χ0v) is 16.4. The van der Waals surface area contributed by atoms with Crippen LogP contribution in [-0.2, 0) is 21.4 Å². The highest BCUT2D eigenvalue weighted by Gasteiger charge is 2.20. The van der Waals surface area contributed by atoms with Gasteiger partial charge >= 0.3 is 0 Å². The summed E-state index contributed by atoms with van der Waals surface area (Å²) in [5.74, 6) is -0.185. The van der Waals surface area contributed by atoms with E-state index in [-0.39, 0.29) is 17.3 Å². The molecule has 0 saturated heterocycles. The van der Waals surface area contributed by atoms with Crippen molar-refractivity contribution in [1.29, 1.82) is 0 Å². The Hall–Kier alpha value is -1.74. The number of likely N-dealkylation sites (N-methyl/N-ethyl adjacent to an activating group) is 1. The van der Waals surface area contributed by atoms with Gasteiger partial charge in [0.25, 0.3) is 0 Å². The number of hydrogen-bond acceptors (Lipinski definition) is 5. The van der Waals surface area contributed by atoms with Crippen molar-refractivity contribution in [3.05, 3.63) is 46.2 Å². The maximum Gasteiger partial charge on any atom is 0.242 e. The van der Waals surface area contributed by atoms with Crippen molar-refractivity contribution in [2.75, 3.05) is 33.0 Å². The quantitative estimate of drug-likeness (QED) is 0.799. The molecule has 0 aliphatic carbocycles. The summed E-state index contributed by atoms with van der Waals surface area (Å²) >= 11 is 1.62. The third-order valence-electron chi connectivity index (χ3n) is 3.68. The van der Waals surface area contributed by atoms with Crippen LogP contribution < -0.4 is 5.32 Å². The van der Waals surface area contributed by atoms with Crippen LogP contribution >= 0.6 is 11.3 Å². The lowest BCUT2D eigenvalue weighted by molar-refractivity contribution is -0.117. The third-order valence-corrected chi connectivity index (χ3v) is 6.37. The first-order valence-electron chi connectivity index (χ1n) is 7.73. The lowest BCUT2D eigenvalue weighted by atomic mass is 10.2. The molecule has 0 radical (unpaired) electrons. The van der Waals surface area contributed by atoms with Crippen LogP contribution in [0.4, 0.5) is 5.69 Å². The maximum atomic E-state index is 12.4. The lowest BCUT2D eigenvalue weighted by Crippen LogP contribution is -2.30. The smallest absolute Gasteiger partial charge is 0.242 e. The van der Waals surface area contributed by atoms with E-state index < -0.39 is 10.0 Å². The molecule has 1 aromatic heterocycles. The van der Waals surface area contributed by atoms with Crippen molar-refractivity contribution in [3.8, 4) is 0 Å². The number of nitrogens with one attached hydrogen (secondary N) is 1. The molecule has 6 nitrogen and oxygen atoms in total. The van der Waals surface area contributed by atoms with Crippen molar-refractivity contribution >= 4 is 33.0 Å². The highest BCUT2D eigenvalue weighted by atomic mass is 32.2. The second kappa shape index (κ2) is 8.09. The largest absolute Gasteiger partial charge is 0.325 e. The summed E-state index contributed by atoms with van der Waals surface area (Å²) in [7, 11) is 1.29. The average Bonchev–Trinajstić information content (AvgIpc) is 3.01. The van der Waals surface area contributed by atoms with E-state index in [1.165, 1.54) is 20.2 Å². The summed E-state index contributed by atoms with van der Waals surface area (Å²) in [4.78, 5) is 14.3. The summed E-state index contributed by atoms with van der Waals surface area (Å²) in [6.45, 7) is 2.64. The molecular weight excluding hydrogens is 358 g/mol. The van der Waals surface area contributed by atoms with Gasteiger partial charge in [0.2, 0.25) is 15.9 Å². The number of thiophene rings is 1. The molecule has 1 aromatic carbocycles. The molecule has 1 amide bonds. The molecule has 0 aliphatic rings. The first-order valence-corrected chi connectivity index (χ1v) is 10.1. The van der Waals surface area contributed by atoms with Crippen LogP contribution in [0.5, 0.6) is 0 Å². The van der Waals surface area contributed by atoms with E-state index >= 15 is 0 Å². The molecule has 1 N–H and O–H groups in total. The van der Waals surface area contributed by atoms with E-state index in [0.717, 1.165) is 9.87 Å². The van der Waals surface area contributed by atoms with Gasteiger partial charge in [-0.25, -0.2) is 12.7 Å². The van der Waals surface area contributed by atoms with Crippen LogP contribution in [0.1, 0.15) is 11.1 Å². The van der Waals surface area contributed by atoms with Crippen molar-refractivity contribution < 1.29 is 13.2 Å². The second-order valence-corrected chi connectivity index (χ2v) is 9.02. The Bertz CT molecular complexity index is 831. The van der Waals surface area contributed by atoms with Crippen molar-refractivity contribution in [1.82, 2.24) is 9.21 Å². The molecule has 8 heteroatoms. The Morgan fingerprint density at radius 3 is 2.52 bits per heavy atom. The van der Waals surface area contributed by atoms with E-state index in [4.69, 9.17) is 0 Å². The van der Waals surface area contributed by atoms with E-state index in [1.807, 2.05) is 28.8 Å². The minimum atomic E-state index is -3.55. The number of sulfonamides is 1. The summed E-state index contributed by atoms with van der Waals surface area (Å²) in [5, 5.41) is 6.82. The fourth-order valence-corrected chi connectivity index (χ4v) is 4.15. The summed E-state index contributed by atoms with van der Waals surface area (Å²) in [5.41, 5.74) is 2.27. The van der Waals surface area contributed by atoms with Gasteiger partial charge in [-0.2, -0.15) is 11.3 Å². The topological polar surface area (TPSA) is 69.7 Å². The highest BCUT2D eigenvalue weighted by Crippen LogP contribution is 2.22. The molecule has 0 bridgehead atoms. The van der Waals surface area contributed by atoms with Gasteiger partial charge in [-0.1, -0.05) is 6.07 Å². The molecule has 0 fully saturated rings. The molecule has 0 unspecified atom stereocenters. The van der Waals surface area contributed by atoms with E-state index in [1.54, 1.807) is 30.4 Å². The van der Waals surface area contributed by atoms with Gasteiger partial charge in [0.05, 0.1) is 11.4 Å². The number of aryl methyl sites for hydroxylation is 1. The van der Waals surface area contributed by atoms with Gasteiger partial charge < -0.3 is 5.32 Å². The van der Waals surface area contributed by atoms with Crippen LogP contribution in [0, 0.1) is 6.92 Å². The number of rotatable bonds is 7. The molecule has 2 rings (SSSR count). The summed E-state index contributed by atoms with van der Waals surface area (Å²) < 4.78 is 25.9. The monoisotopic (exact) mass is 381 g/mol. The predicted molar refractivity (Wildman–Crippen MR) is 101 cm³/mol. The maximum absolute atomic E-state index is 12.4. The number of hydrogen-bond donors (Lipinski definition) is 1.